The molecule has 12 heteroatoms. The fourth-order valence-corrected chi connectivity index (χ4v) is 4.14. The van der Waals surface area contributed by atoms with Crippen molar-refractivity contribution < 1.29 is 26.7 Å². The number of fused-ring (bicyclic) bond motifs is 1. The lowest BCUT2D eigenvalue weighted by Gasteiger charge is -2.37. The molecule has 0 saturated carbocycles. The van der Waals surface area contributed by atoms with E-state index in [1.54, 1.807) is 6.92 Å². The van der Waals surface area contributed by atoms with Gasteiger partial charge in [-0.15, -0.1) is 0 Å². The van der Waals surface area contributed by atoms with Crippen LogP contribution < -0.4 is 10.6 Å². The van der Waals surface area contributed by atoms with Gasteiger partial charge in [-0.3, -0.25) is 9.20 Å². The minimum Gasteiger partial charge on any atom is -0.343 e. The van der Waals surface area contributed by atoms with Crippen LogP contribution >= 0.6 is 34.4 Å². The molecule has 0 aromatic carbocycles. The Hall–Kier alpha value is -1.15. The maximum absolute atomic E-state index is 14.2. The van der Waals surface area contributed by atoms with E-state index < -0.39 is 35.8 Å². The van der Waals surface area contributed by atoms with Gasteiger partial charge in [-0.25, -0.2) is 13.8 Å². The van der Waals surface area contributed by atoms with Crippen molar-refractivity contribution in [3.05, 3.63) is 27.6 Å². The van der Waals surface area contributed by atoms with E-state index in [4.69, 9.17) is 0 Å². The molecular weight excluding hydrogens is 506 g/mol. The third-order valence-electron chi connectivity index (χ3n) is 4.14. The van der Waals surface area contributed by atoms with E-state index in [9.17, 15) is 26.7 Å². The first-order valence-electron chi connectivity index (χ1n) is 7.80. The average molecular weight is 520 g/mol. The smallest absolute Gasteiger partial charge is 0.343 e. The van der Waals surface area contributed by atoms with Gasteiger partial charge in [-0.05, 0) is 34.6 Å². The topological polar surface area (TPSA) is 58.4 Å². The fourth-order valence-electron chi connectivity index (χ4n) is 2.97. The lowest BCUT2D eigenvalue weighted by molar-refractivity contribution is -0.0660. The molecule has 3 rings (SSSR count). The highest BCUT2D eigenvalue weighted by Crippen LogP contribution is 2.37. The van der Waals surface area contributed by atoms with E-state index >= 15 is 0 Å². The molecule has 0 bridgehead atoms. The molecule has 0 aliphatic carbocycles. The largest absolute Gasteiger partial charge is 0.447 e. The van der Waals surface area contributed by atoms with E-state index in [1.165, 1.54) is 12.3 Å². The summed E-state index contributed by atoms with van der Waals surface area (Å²) in [5.41, 5.74) is -4.60. The molecule has 0 spiro atoms. The molecule has 27 heavy (non-hydrogen) atoms. The van der Waals surface area contributed by atoms with Crippen molar-refractivity contribution in [2.24, 2.45) is 5.92 Å². The molecule has 1 amide bonds. The van der Waals surface area contributed by atoms with Crippen molar-refractivity contribution in [3.8, 4) is 0 Å². The van der Waals surface area contributed by atoms with E-state index in [1.807, 2.05) is 22.6 Å². The first-order chi connectivity index (χ1) is 12.5. The van der Waals surface area contributed by atoms with Gasteiger partial charge in [0.2, 0.25) is 0 Å². The van der Waals surface area contributed by atoms with Crippen molar-refractivity contribution >= 4 is 45.9 Å². The summed E-state index contributed by atoms with van der Waals surface area (Å²) in [6.07, 6.45) is 2.40. The van der Waals surface area contributed by atoms with Gasteiger partial charge in [0.1, 0.15) is 5.03 Å². The summed E-state index contributed by atoms with van der Waals surface area (Å²) in [5.74, 6) is -4.46. The van der Waals surface area contributed by atoms with Crippen molar-refractivity contribution in [2.45, 2.75) is 29.4 Å². The molecule has 1 saturated heterocycles. The number of aromatic nitrogens is 2. The monoisotopic (exact) mass is 520 g/mol. The number of hydrogen-bond acceptors (Lipinski definition) is 4. The van der Waals surface area contributed by atoms with Crippen LogP contribution in [0.5, 0.6) is 0 Å². The molecule has 5 nitrogen and oxygen atoms in total. The Bertz CT molecular complexity index is 872. The normalized spacial score (nSPS) is 22.8. The minimum atomic E-state index is -4.52. The lowest BCUT2D eigenvalue weighted by atomic mass is 9.91. The summed E-state index contributed by atoms with van der Waals surface area (Å²) >= 11 is 1.48. The van der Waals surface area contributed by atoms with E-state index in [-0.39, 0.29) is 28.0 Å². The third kappa shape index (κ3) is 4.47. The molecule has 1 aliphatic heterocycles. The molecule has 148 valence electrons. The van der Waals surface area contributed by atoms with Gasteiger partial charge in [0, 0.05) is 28.1 Å². The first-order valence-corrected chi connectivity index (χ1v) is 9.69. The Balaban J connectivity index is 1.95. The summed E-state index contributed by atoms with van der Waals surface area (Å²) in [6.45, 7) is 1.35. The maximum atomic E-state index is 14.2. The molecule has 1 aliphatic rings. The van der Waals surface area contributed by atoms with Crippen LogP contribution in [0.15, 0.2) is 23.5 Å². The number of imidazole rings is 1. The van der Waals surface area contributed by atoms with Crippen LogP contribution in [0.2, 0.25) is 0 Å². The second-order valence-corrected chi connectivity index (χ2v) is 8.56. The third-order valence-corrected chi connectivity index (χ3v) is 5.47. The second kappa shape index (κ2) is 7.35. The van der Waals surface area contributed by atoms with Crippen molar-refractivity contribution in [1.82, 2.24) is 20.0 Å². The number of carbonyl (C=O) groups is 1. The van der Waals surface area contributed by atoms with Gasteiger partial charge in [-0.2, -0.15) is 13.2 Å². The number of amides is 1. The molecule has 3 heterocycles. The van der Waals surface area contributed by atoms with E-state index in [0.717, 1.165) is 10.6 Å². The zero-order valence-electron chi connectivity index (χ0n) is 13.8. The number of nitrogens with one attached hydrogen (secondary N) is 2. The van der Waals surface area contributed by atoms with Crippen molar-refractivity contribution in [1.29, 1.82) is 0 Å². The number of pyridine rings is 1. The number of thioether (sulfide) groups is 1. The number of hydrogen-bond donors (Lipinski definition) is 2. The summed E-state index contributed by atoms with van der Waals surface area (Å²) in [5, 5.41) is 4.72. The van der Waals surface area contributed by atoms with Gasteiger partial charge < -0.3 is 10.6 Å². The van der Waals surface area contributed by atoms with Crippen LogP contribution in [-0.4, -0.2) is 45.9 Å². The predicted molar refractivity (Wildman–Crippen MR) is 98.1 cm³/mol. The number of alkyl halides is 5. The standard InChI is InChI=1S/C15H14F5IN4OS/c1-7-3-22-6-14(16,17)11(7)24-13(26)9-2-8(21)5-25-10(4-23-12(9)25)27-15(18,19)20/h2,4-5,7,11,22H,3,6H2,1H3,(H,24,26). The Morgan fingerprint density at radius 2 is 2.19 bits per heavy atom. The summed E-state index contributed by atoms with van der Waals surface area (Å²) in [6, 6.07) is 0.0209. The fraction of sp³-hybridized carbons (Fsp3) is 0.467. The number of nitrogens with zero attached hydrogens (tertiary/aromatic N) is 2. The van der Waals surface area contributed by atoms with Crippen LogP contribution in [0, 0.1) is 9.49 Å². The Morgan fingerprint density at radius 1 is 1.48 bits per heavy atom. The van der Waals surface area contributed by atoms with E-state index in [0.29, 0.717) is 10.1 Å². The molecule has 0 radical (unpaired) electrons. The van der Waals surface area contributed by atoms with Crippen LogP contribution in [0.3, 0.4) is 0 Å². The molecule has 2 aromatic rings. The first kappa shape index (κ1) is 20.6. The van der Waals surface area contributed by atoms with Gasteiger partial charge in [-0.1, -0.05) is 6.92 Å². The van der Waals surface area contributed by atoms with Crippen molar-refractivity contribution in [2.75, 3.05) is 13.1 Å². The average Bonchev–Trinajstić information content (AvgIpc) is 2.91. The summed E-state index contributed by atoms with van der Waals surface area (Å²) < 4.78 is 68.0. The van der Waals surface area contributed by atoms with Gasteiger partial charge >= 0.3 is 5.51 Å². The van der Waals surface area contributed by atoms with Crippen LogP contribution in [-0.2, 0) is 0 Å². The minimum absolute atomic E-state index is 0.0235. The van der Waals surface area contributed by atoms with Gasteiger partial charge in [0.15, 0.2) is 5.65 Å². The quantitative estimate of drug-likeness (QED) is 0.370. The van der Waals surface area contributed by atoms with E-state index in [2.05, 4.69) is 15.6 Å². The molecule has 2 aromatic heterocycles. The van der Waals surface area contributed by atoms with Crippen LogP contribution in [0.4, 0.5) is 22.0 Å². The molecule has 2 unspecified atom stereocenters. The molecule has 2 N–H and O–H groups in total. The highest BCUT2D eigenvalue weighted by molar-refractivity contribution is 14.1. The summed E-state index contributed by atoms with van der Waals surface area (Å²) in [7, 11) is 0. The highest BCUT2D eigenvalue weighted by Gasteiger charge is 2.46. The molecular formula is C15H14F5IN4OS. The molecule has 2 atom stereocenters. The van der Waals surface area contributed by atoms with Gasteiger partial charge in [0.05, 0.1) is 24.3 Å². The van der Waals surface area contributed by atoms with Crippen molar-refractivity contribution in [3.63, 3.8) is 0 Å². The highest BCUT2D eigenvalue weighted by atomic mass is 127. The zero-order valence-corrected chi connectivity index (χ0v) is 16.8. The Labute approximate surface area is 168 Å². The number of rotatable bonds is 3. The van der Waals surface area contributed by atoms with Crippen LogP contribution in [0.25, 0.3) is 5.65 Å². The Morgan fingerprint density at radius 3 is 2.81 bits per heavy atom. The number of piperidine rings is 1. The Kier molecular flexibility index (Phi) is 5.60. The number of carbonyl (C=O) groups excluding carboxylic acids is 1. The van der Waals surface area contributed by atoms with Gasteiger partial charge in [0.25, 0.3) is 11.8 Å². The second-order valence-electron chi connectivity index (χ2n) is 6.23. The molecule has 1 fully saturated rings. The lowest BCUT2D eigenvalue weighted by Crippen LogP contribution is -2.61. The maximum Gasteiger partial charge on any atom is 0.447 e. The van der Waals surface area contributed by atoms with Crippen LogP contribution in [0.1, 0.15) is 17.3 Å². The predicted octanol–water partition coefficient (Wildman–Crippen LogP) is 3.52. The number of halogens is 6. The zero-order chi connectivity index (χ0) is 20.0. The SMILES string of the molecule is CC1CNCC(F)(F)C1NC(=O)c1cc(I)cn2c(SC(F)(F)F)cnc12. The summed E-state index contributed by atoms with van der Waals surface area (Å²) in [4.78, 5) is 16.5.